The fraction of sp³-hybridized carbons (Fsp3) is 0.611. The molecule has 0 saturated heterocycles. The maximum atomic E-state index is 11.9. The van der Waals surface area contributed by atoms with Crippen LogP contribution in [0.3, 0.4) is 0 Å². The minimum atomic E-state index is -0.673. The van der Waals surface area contributed by atoms with Gasteiger partial charge in [-0.2, -0.15) is 0 Å². The third kappa shape index (κ3) is 5.52. The third-order valence-corrected chi connectivity index (χ3v) is 4.34. The molecule has 1 aromatic carbocycles. The van der Waals surface area contributed by atoms with Crippen molar-refractivity contribution in [2.24, 2.45) is 11.7 Å². The van der Waals surface area contributed by atoms with Gasteiger partial charge in [-0.15, -0.1) is 0 Å². The van der Waals surface area contributed by atoms with E-state index in [0.717, 1.165) is 17.9 Å². The smallest absolute Gasteiger partial charge is 0.243 e. The molecule has 0 spiro atoms. The molecule has 1 aromatic rings. The number of hydrogen-bond donors (Lipinski definition) is 2. The van der Waals surface area contributed by atoms with E-state index in [1.54, 1.807) is 0 Å². The van der Waals surface area contributed by atoms with Gasteiger partial charge in [-0.05, 0) is 37.3 Å². The van der Waals surface area contributed by atoms with Gasteiger partial charge in [-0.25, -0.2) is 0 Å². The van der Waals surface area contributed by atoms with Crippen molar-refractivity contribution in [2.45, 2.75) is 45.1 Å². The summed E-state index contributed by atoms with van der Waals surface area (Å²) in [7, 11) is 1.52. The van der Waals surface area contributed by atoms with Crippen LogP contribution >= 0.6 is 0 Å². The van der Waals surface area contributed by atoms with E-state index in [9.17, 15) is 4.79 Å². The fourth-order valence-electron chi connectivity index (χ4n) is 2.88. The van der Waals surface area contributed by atoms with Crippen molar-refractivity contribution < 1.29 is 14.3 Å². The number of ether oxygens (including phenoxy) is 2. The Morgan fingerprint density at radius 1 is 1.35 bits per heavy atom. The molecule has 5 nitrogen and oxygen atoms in total. The highest BCUT2D eigenvalue weighted by atomic mass is 16.5. The Balaban J connectivity index is 1.93. The molecule has 1 aliphatic rings. The summed E-state index contributed by atoms with van der Waals surface area (Å²) in [6, 6.07) is 5.01. The van der Waals surface area contributed by atoms with Crippen molar-refractivity contribution in [1.29, 1.82) is 0 Å². The summed E-state index contributed by atoms with van der Waals surface area (Å²) in [6.07, 6.45) is 6.46. The largest absolute Gasteiger partial charge is 0.493 e. The number of anilines is 1. The summed E-state index contributed by atoms with van der Waals surface area (Å²) in [6.45, 7) is 2.96. The molecule has 1 fully saturated rings. The maximum absolute atomic E-state index is 11.9. The molecule has 128 valence electrons. The quantitative estimate of drug-likeness (QED) is 0.810. The molecule has 23 heavy (non-hydrogen) atoms. The summed E-state index contributed by atoms with van der Waals surface area (Å²) >= 11 is 0. The van der Waals surface area contributed by atoms with Gasteiger partial charge in [0.2, 0.25) is 5.91 Å². The minimum Gasteiger partial charge on any atom is -0.493 e. The number of aryl methyl sites for hydroxylation is 1. The van der Waals surface area contributed by atoms with Crippen molar-refractivity contribution in [1.82, 2.24) is 0 Å². The molecule has 3 N–H and O–H groups in total. The number of methoxy groups -OCH3 is 1. The molecule has 0 aromatic heterocycles. The molecule has 5 heteroatoms. The summed E-state index contributed by atoms with van der Waals surface area (Å²) in [5.74, 6) is 1.22. The molecule has 1 amide bonds. The summed E-state index contributed by atoms with van der Waals surface area (Å²) in [4.78, 5) is 11.9. The zero-order valence-electron chi connectivity index (χ0n) is 14.1. The first kappa shape index (κ1) is 17.8. The average molecular weight is 320 g/mol. The van der Waals surface area contributed by atoms with Crippen LogP contribution in [0.2, 0.25) is 0 Å². The van der Waals surface area contributed by atoms with E-state index < -0.39 is 6.04 Å². The van der Waals surface area contributed by atoms with Crippen LogP contribution in [-0.2, 0) is 9.53 Å². The zero-order valence-corrected chi connectivity index (χ0v) is 14.1. The normalized spacial score (nSPS) is 16.8. The predicted octanol–water partition coefficient (Wildman–Crippen LogP) is 2.87. The van der Waals surface area contributed by atoms with Gasteiger partial charge in [0.1, 0.15) is 11.8 Å². The first-order valence-electron chi connectivity index (χ1n) is 8.39. The van der Waals surface area contributed by atoms with E-state index >= 15 is 0 Å². The van der Waals surface area contributed by atoms with Gasteiger partial charge < -0.3 is 20.5 Å². The van der Waals surface area contributed by atoms with Gasteiger partial charge in [0, 0.05) is 18.9 Å². The van der Waals surface area contributed by atoms with Crippen LogP contribution in [0.5, 0.6) is 5.75 Å². The second-order valence-electron chi connectivity index (χ2n) is 6.35. The molecular weight excluding hydrogens is 292 g/mol. The van der Waals surface area contributed by atoms with Crippen molar-refractivity contribution >= 4 is 11.6 Å². The van der Waals surface area contributed by atoms with E-state index in [1.165, 1.54) is 39.2 Å². The summed E-state index contributed by atoms with van der Waals surface area (Å²) in [5.41, 5.74) is 7.50. The lowest BCUT2D eigenvalue weighted by atomic mass is 9.90. The van der Waals surface area contributed by atoms with Crippen LogP contribution in [0, 0.1) is 12.8 Å². The molecule has 1 aliphatic carbocycles. The third-order valence-electron chi connectivity index (χ3n) is 4.34. The van der Waals surface area contributed by atoms with Crippen molar-refractivity contribution in [3.8, 4) is 5.75 Å². The maximum Gasteiger partial charge on any atom is 0.243 e. The lowest BCUT2D eigenvalue weighted by molar-refractivity contribution is -0.118. The van der Waals surface area contributed by atoms with E-state index in [2.05, 4.69) is 5.32 Å². The zero-order chi connectivity index (χ0) is 16.7. The Kier molecular flexibility index (Phi) is 6.86. The van der Waals surface area contributed by atoms with Gasteiger partial charge in [0.25, 0.3) is 0 Å². The van der Waals surface area contributed by atoms with Gasteiger partial charge in [-0.1, -0.05) is 25.3 Å². The SMILES string of the molecule is COCC(N)C(=O)Nc1ccc(C)c(OCC2CCCCC2)c1. The Hall–Kier alpha value is -1.59. The number of amides is 1. The minimum absolute atomic E-state index is 0.197. The first-order chi connectivity index (χ1) is 11.1. The number of nitrogens with one attached hydrogen (secondary N) is 1. The van der Waals surface area contributed by atoms with E-state index in [1.807, 2.05) is 25.1 Å². The number of carbonyl (C=O) groups is 1. The predicted molar refractivity (Wildman–Crippen MR) is 91.7 cm³/mol. The molecule has 0 aliphatic heterocycles. The lowest BCUT2D eigenvalue weighted by Crippen LogP contribution is -2.39. The lowest BCUT2D eigenvalue weighted by Gasteiger charge is -2.22. The van der Waals surface area contributed by atoms with Crippen LogP contribution in [0.1, 0.15) is 37.7 Å². The average Bonchev–Trinajstić information content (AvgIpc) is 2.56. The van der Waals surface area contributed by atoms with Gasteiger partial charge in [0.05, 0.1) is 13.2 Å². The van der Waals surface area contributed by atoms with Crippen molar-refractivity contribution in [3.63, 3.8) is 0 Å². The molecule has 0 bridgehead atoms. The van der Waals surface area contributed by atoms with Gasteiger partial charge in [0.15, 0.2) is 0 Å². The molecule has 0 radical (unpaired) electrons. The molecular formula is C18H28N2O3. The number of hydrogen-bond acceptors (Lipinski definition) is 4. The Morgan fingerprint density at radius 2 is 2.09 bits per heavy atom. The second kappa shape index (κ2) is 8.89. The van der Waals surface area contributed by atoms with Crippen LogP contribution in [0.25, 0.3) is 0 Å². The standard InChI is InChI=1S/C18H28N2O3/c1-13-8-9-15(20-18(21)16(19)12-22-2)10-17(13)23-11-14-6-4-3-5-7-14/h8-10,14,16H,3-7,11-12,19H2,1-2H3,(H,20,21). The number of carbonyl (C=O) groups excluding carboxylic acids is 1. The molecule has 1 saturated carbocycles. The second-order valence-corrected chi connectivity index (χ2v) is 6.35. The van der Waals surface area contributed by atoms with Crippen molar-refractivity contribution in [2.75, 3.05) is 25.6 Å². The monoisotopic (exact) mass is 320 g/mol. The van der Waals surface area contributed by atoms with Crippen LogP contribution in [0.15, 0.2) is 18.2 Å². The molecule has 1 unspecified atom stereocenters. The van der Waals surface area contributed by atoms with E-state index in [0.29, 0.717) is 11.6 Å². The van der Waals surface area contributed by atoms with Gasteiger partial charge >= 0.3 is 0 Å². The van der Waals surface area contributed by atoms with E-state index in [4.69, 9.17) is 15.2 Å². The highest BCUT2D eigenvalue weighted by Gasteiger charge is 2.16. The van der Waals surface area contributed by atoms with Crippen LogP contribution < -0.4 is 15.8 Å². The highest BCUT2D eigenvalue weighted by molar-refractivity contribution is 5.95. The van der Waals surface area contributed by atoms with Gasteiger partial charge in [-0.3, -0.25) is 4.79 Å². The summed E-state index contributed by atoms with van der Waals surface area (Å²) in [5, 5.41) is 2.81. The molecule has 1 atom stereocenters. The summed E-state index contributed by atoms with van der Waals surface area (Å²) < 4.78 is 10.9. The first-order valence-corrected chi connectivity index (χ1v) is 8.39. The molecule has 2 rings (SSSR count). The fourth-order valence-corrected chi connectivity index (χ4v) is 2.88. The highest BCUT2D eigenvalue weighted by Crippen LogP contribution is 2.27. The Labute approximate surface area is 138 Å². The molecule has 0 heterocycles. The number of benzene rings is 1. The van der Waals surface area contributed by atoms with Crippen molar-refractivity contribution in [3.05, 3.63) is 23.8 Å². The Bertz CT molecular complexity index is 513. The van der Waals surface area contributed by atoms with E-state index in [-0.39, 0.29) is 12.5 Å². The Morgan fingerprint density at radius 3 is 2.78 bits per heavy atom. The van der Waals surface area contributed by atoms with Crippen LogP contribution in [0.4, 0.5) is 5.69 Å². The number of nitrogens with two attached hydrogens (primary N) is 1. The number of rotatable bonds is 7. The topological polar surface area (TPSA) is 73.6 Å². The van der Waals surface area contributed by atoms with Crippen LogP contribution in [-0.4, -0.2) is 32.3 Å².